The van der Waals surface area contributed by atoms with Gasteiger partial charge in [-0.05, 0) is 31.5 Å². The smallest absolute Gasteiger partial charge is 0.445 e. The summed E-state index contributed by atoms with van der Waals surface area (Å²) < 4.78 is 70.7. The number of carbonyl (C=O) groups is 1. The van der Waals surface area contributed by atoms with Crippen LogP contribution >= 0.6 is 7.82 Å². The molecule has 7 nitrogen and oxygen atoms in total. The number of primary amides is 1. The summed E-state index contributed by atoms with van der Waals surface area (Å²) in [5.74, 6) is -0.726. The molecule has 0 aliphatic carbocycles. The van der Waals surface area contributed by atoms with Crippen LogP contribution < -0.4 is 10.3 Å². The van der Waals surface area contributed by atoms with Gasteiger partial charge in [-0.25, -0.2) is 9.36 Å². The zero-order valence-corrected chi connectivity index (χ0v) is 13.9. The molecule has 1 aromatic rings. The molecule has 0 spiro atoms. The van der Waals surface area contributed by atoms with Crippen LogP contribution in [0.15, 0.2) is 18.2 Å². The zero-order valence-electron chi connectivity index (χ0n) is 13.0. The van der Waals surface area contributed by atoms with Crippen molar-refractivity contribution in [3.8, 4) is 5.75 Å². The number of ether oxygens (including phenoxy) is 1. The second-order valence-electron chi connectivity index (χ2n) is 4.31. The number of hydrogen-bond donors (Lipinski definition) is 1. The summed E-state index contributed by atoms with van der Waals surface area (Å²) in [5, 5.41) is 0. The maximum Gasteiger partial charge on any atom is 0.530 e. The molecule has 0 aliphatic heterocycles. The van der Waals surface area contributed by atoms with Crippen LogP contribution in [0.5, 0.6) is 5.75 Å². The van der Waals surface area contributed by atoms with Crippen molar-refractivity contribution in [2.45, 2.75) is 26.6 Å². The van der Waals surface area contributed by atoms with E-state index in [1.165, 1.54) is 19.9 Å². The third-order valence-electron chi connectivity index (χ3n) is 2.52. The van der Waals surface area contributed by atoms with Crippen molar-refractivity contribution in [2.75, 3.05) is 13.2 Å². The van der Waals surface area contributed by atoms with Crippen LogP contribution in [0, 0.1) is 0 Å². The van der Waals surface area contributed by atoms with E-state index >= 15 is 0 Å². The molecule has 11 heteroatoms. The van der Waals surface area contributed by atoms with E-state index in [9.17, 15) is 22.5 Å². The highest BCUT2D eigenvalue weighted by molar-refractivity contribution is 7.48. The first kappa shape index (κ1) is 20.3. The molecule has 24 heavy (non-hydrogen) atoms. The Morgan fingerprint density at radius 1 is 1.21 bits per heavy atom. The van der Waals surface area contributed by atoms with Gasteiger partial charge in [0.1, 0.15) is 12.4 Å². The van der Waals surface area contributed by atoms with Gasteiger partial charge in [-0.2, -0.15) is 13.2 Å². The van der Waals surface area contributed by atoms with Gasteiger partial charge in [0, 0.05) is 0 Å². The molecular formula is C13H17F3NO6P. The SMILES string of the molecule is CCOP(=O)(OCC)Oc1ccc(COC(N)=O)cc1C(F)(F)F. The minimum atomic E-state index is -4.80. The van der Waals surface area contributed by atoms with Gasteiger partial charge in [-0.1, -0.05) is 6.07 Å². The highest BCUT2D eigenvalue weighted by Crippen LogP contribution is 2.51. The minimum absolute atomic E-state index is 0.0242. The van der Waals surface area contributed by atoms with Crippen molar-refractivity contribution in [2.24, 2.45) is 5.73 Å². The van der Waals surface area contributed by atoms with Crippen LogP contribution in [0.2, 0.25) is 0 Å². The minimum Gasteiger partial charge on any atom is -0.445 e. The van der Waals surface area contributed by atoms with E-state index in [1.807, 2.05) is 0 Å². The Kier molecular flexibility index (Phi) is 7.07. The molecule has 0 heterocycles. The first-order valence-corrected chi connectivity index (χ1v) is 8.28. The van der Waals surface area contributed by atoms with Crippen molar-refractivity contribution in [1.82, 2.24) is 0 Å². The topological polar surface area (TPSA) is 97.1 Å². The van der Waals surface area contributed by atoms with Crippen molar-refractivity contribution >= 4 is 13.9 Å². The first-order chi connectivity index (χ1) is 11.1. The second-order valence-corrected chi connectivity index (χ2v) is 5.90. The van der Waals surface area contributed by atoms with E-state index in [0.29, 0.717) is 6.07 Å². The molecule has 0 aliphatic rings. The Bertz CT molecular complexity index is 612. The highest BCUT2D eigenvalue weighted by atomic mass is 31.2. The van der Waals surface area contributed by atoms with Gasteiger partial charge in [0.25, 0.3) is 0 Å². The van der Waals surface area contributed by atoms with E-state index < -0.39 is 38.0 Å². The van der Waals surface area contributed by atoms with E-state index in [-0.39, 0.29) is 18.8 Å². The molecule has 1 amide bonds. The monoisotopic (exact) mass is 371 g/mol. The molecule has 0 bridgehead atoms. The lowest BCUT2D eigenvalue weighted by Gasteiger charge is -2.20. The number of phosphoric ester groups is 1. The lowest BCUT2D eigenvalue weighted by Crippen LogP contribution is -2.14. The van der Waals surface area contributed by atoms with Gasteiger partial charge in [0.2, 0.25) is 0 Å². The molecule has 0 atom stereocenters. The third-order valence-corrected chi connectivity index (χ3v) is 4.08. The van der Waals surface area contributed by atoms with Gasteiger partial charge < -0.3 is 15.0 Å². The maximum absolute atomic E-state index is 13.2. The molecule has 136 valence electrons. The number of benzene rings is 1. The summed E-state index contributed by atoms with van der Waals surface area (Å²) in [5.41, 5.74) is 3.58. The number of hydrogen-bond acceptors (Lipinski definition) is 6. The van der Waals surface area contributed by atoms with E-state index in [4.69, 9.17) is 19.3 Å². The second kappa shape index (κ2) is 8.36. The molecule has 0 fully saturated rings. The summed E-state index contributed by atoms with van der Waals surface area (Å²) in [4.78, 5) is 10.5. The molecule has 0 aromatic heterocycles. The number of rotatable bonds is 8. The van der Waals surface area contributed by atoms with Gasteiger partial charge in [0.15, 0.2) is 0 Å². The Morgan fingerprint density at radius 2 is 1.79 bits per heavy atom. The van der Waals surface area contributed by atoms with Crippen molar-refractivity contribution < 1.29 is 40.8 Å². The Labute approximate surface area is 136 Å². The molecule has 0 saturated heterocycles. The molecule has 1 aromatic carbocycles. The largest absolute Gasteiger partial charge is 0.530 e. The summed E-state index contributed by atoms with van der Waals surface area (Å²) in [7, 11) is -4.19. The number of carbonyl (C=O) groups excluding carboxylic acids is 1. The predicted molar refractivity (Wildman–Crippen MR) is 77.3 cm³/mol. The maximum atomic E-state index is 13.2. The lowest BCUT2D eigenvalue weighted by atomic mass is 10.1. The van der Waals surface area contributed by atoms with Gasteiger partial charge in [0.05, 0.1) is 18.8 Å². The van der Waals surface area contributed by atoms with Crippen molar-refractivity contribution in [1.29, 1.82) is 0 Å². The van der Waals surface area contributed by atoms with E-state index in [2.05, 4.69) is 4.74 Å². The van der Waals surface area contributed by atoms with Gasteiger partial charge in [-0.15, -0.1) is 0 Å². The van der Waals surface area contributed by atoms with Crippen molar-refractivity contribution in [3.63, 3.8) is 0 Å². The molecule has 1 rings (SSSR count). The number of halogens is 3. The van der Waals surface area contributed by atoms with Crippen LogP contribution in [0.4, 0.5) is 18.0 Å². The number of nitrogens with two attached hydrogens (primary N) is 1. The number of alkyl halides is 3. The predicted octanol–water partition coefficient (Wildman–Crippen LogP) is 3.86. The fourth-order valence-corrected chi connectivity index (χ4v) is 2.86. The lowest BCUT2D eigenvalue weighted by molar-refractivity contribution is -0.138. The Balaban J connectivity index is 3.17. The molecule has 0 unspecified atom stereocenters. The Morgan fingerprint density at radius 3 is 2.25 bits per heavy atom. The summed E-state index contributed by atoms with van der Waals surface area (Å²) in [6.45, 7) is 2.37. The number of phosphoric acid groups is 1. The Hall–Kier alpha value is -1.77. The fraction of sp³-hybridized carbons (Fsp3) is 0.462. The summed E-state index contributed by atoms with van der Waals surface area (Å²) in [6, 6.07) is 2.84. The quantitative estimate of drug-likeness (QED) is 0.697. The zero-order chi connectivity index (χ0) is 18.4. The van der Waals surface area contributed by atoms with Crippen LogP contribution in [0.1, 0.15) is 25.0 Å². The summed E-state index contributed by atoms with van der Waals surface area (Å²) in [6.07, 6.45) is -5.93. The molecular weight excluding hydrogens is 354 g/mol. The normalized spacial score (nSPS) is 12.0. The van der Waals surface area contributed by atoms with Crippen LogP contribution in [-0.2, 0) is 31.1 Å². The fourth-order valence-electron chi connectivity index (χ4n) is 1.65. The van der Waals surface area contributed by atoms with E-state index in [1.54, 1.807) is 0 Å². The third kappa shape index (κ3) is 6.03. The average Bonchev–Trinajstić information content (AvgIpc) is 2.45. The highest BCUT2D eigenvalue weighted by Gasteiger charge is 2.38. The molecule has 0 radical (unpaired) electrons. The summed E-state index contributed by atoms with van der Waals surface area (Å²) >= 11 is 0. The standard InChI is InChI=1S/C13H17F3NO6P/c1-3-21-24(19,22-4-2)23-11-6-5-9(8-20-12(17)18)7-10(11)13(14,15)16/h5-7H,3-4,8H2,1-2H3,(H2,17,18). The van der Waals surface area contributed by atoms with Crippen LogP contribution in [0.25, 0.3) is 0 Å². The van der Waals surface area contributed by atoms with Gasteiger partial charge >= 0.3 is 20.1 Å². The van der Waals surface area contributed by atoms with Crippen molar-refractivity contribution in [3.05, 3.63) is 29.3 Å². The number of amides is 1. The van der Waals surface area contributed by atoms with Crippen LogP contribution in [0.3, 0.4) is 0 Å². The molecule has 2 N–H and O–H groups in total. The van der Waals surface area contributed by atoms with Crippen LogP contribution in [-0.4, -0.2) is 19.3 Å². The first-order valence-electron chi connectivity index (χ1n) is 6.82. The molecule has 0 saturated carbocycles. The van der Waals surface area contributed by atoms with Gasteiger partial charge in [-0.3, -0.25) is 9.05 Å². The average molecular weight is 371 g/mol. The van der Waals surface area contributed by atoms with E-state index in [0.717, 1.165) is 6.07 Å².